The lowest BCUT2D eigenvalue weighted by atomic mass is 9.98. The predicted octanol–water partition coefficient (Wildman–Crippen LogP) is 3.51. The van der Waals surface area contributed by atoms with Crippen molar-refractivity contribution in [1.29, 1.82) is 0 Å². The number of halogens is 3. The number of alkyl halides is 3. The molecule has 196 valence electrons. The molecule has 0 aromatic heterocycles. The first kappa shape index (κ1) is 29.2. The molecule has 0 N–H and O–H groups in total. The molecule has 0 bridgehead atoms. The lowest BCUT2D eigenvalue weighted by Gasteiger charge is -2.45. The lowest BCUT2D eigenvalue weighted by Crippen LogP contribution is -2.62. The van der Waals surface area contributed by atoms with Gasteiger partial charge in [0, 0.05) is 0 Å². The van der Waals surface area contributed by atoms with Crippen molar-refractivity contribution in [1.82, 2.24) is 0 Å². The standard InChI is InChI=1S/C23H29F3O8S/c1-4-12-29-19-18(16-33-35(27,28)23(24,25)26)34-22(32-15-17-10-8-7-9-11-17)21(31-14-6-3)20(19)30-13-5-2/h4-11,18-22H,1-3,12-16H2/t18-,19-,20+,21-,22-/m1/s1. The zero-order valence-electron chi connectivity index (χ0n) is 19.0. The fourth-order valence-electron chi connectivity index (χ4n) is 3.23. The minimum Gasteiger partial charge on any atom is -0.369 e. The molecule has 12 heteroatoms. The van der Waals surface area contributed by atoms with E-state index >= 15 is 0 Å². The highest BCUT2D eigenvalue weighted by Gasteiger charge is 2.52. The summed E-state index contributed by atoms with van der Waals surface area (Å²) in [6.07, 6.45) is -1.10. The first-order valence-electron chi connectivity index (χ1n) is 10.6. The minimum atomic E-state index is -5.87. The molecule has 0 spiro atoms. The van der Waals surface area contributed by atoms with E-state index in [1.54, 1.807) is 24.3 Å². The van der Waals surface area contributed by atoms with Crippen LogP contribution in [0.1, 0.15) is 5.56 Å². The maximum absolute atomic E-state index is 12.8. The average Bonchev–Trinajstić information content (AvgIpc) is 2.83. The van der Waals surface area contributed by atoms with Gasteiger partial charge in [-0.25, -0.2) is 0 Å². The van der Waals surface area contributed by atoms with E-state index in [0.29, 0.717) is 0 Å². The van der Waals surface area contributed by atoms with Crippen molar-refractivity contribution in [2.45, 2.75) is 42.8 Å². The summed E-state index contributed by atoms with van der Waals surface area (Å²) in [7, 11) is -5.87. The number of hydrogen-bond acceptors (Lipinski definition) is 8. The van der Waals surface area contributed by atoms with E-state index in [9.17, 15) is 21.6 Å². The molecule has 0 aliphatic carbocycles. The number of hydrogen-bond donors (Lipinski definition) is 0. The molecule has 1 aliphatic rings. The smallest absolute Gasteiger partial charge is 0.369 e. The van der Waals surface area contributed by atoms with Crippen LogP contribution in [0.5, 0.6) is 0 Å². The molecule has 0 radical (unpaired) electrons. The second kappa shape index (κ2) is 13.9. The SMILES string of the molecule is C=CCO[C@@H]1[C@@H](OCC=C)[C@H](OCc2ccccc2)O[C@H](COS(=O)(=O)C(F)(F)F)[C@H]1OCC=C. The van der Waals surface area contributed by atoms with Crippen LogP contribution in [-0.4, -0.2) is 71.1 Å². The number of rotatable bonds is 15. The molecular formula is C23H29F3O8S. The Morgan fingerprint density at radius 2 is 1.40 bits per heavy atom. The highest BCUT2D eigenvalue weighted by Crippen LogP contribution is 2.32. The van der Waals surface area contributed by atoms with Gasteiger partial charge in [-0.1, -0.05) is 48.6 Å². The topological polar surface area (TPSA) is 89.5 Å². The van der Waals surface area contributed by atoms with Crippen LogP contribution < -0.4 is 0 Å². The summed E-state index contributed by atoms with van der Waals surface area (Å²) >= 11 is 0. The molecule has 0 amide bonds. The summed E-state index contributed by atoms with van der Waals surface area (Å²) in [5, 5.41) is 0. The summed E-state index contributed by atoms with van der Waals surface area (Å²) in [5.74, 6) is 0. The second-order valence-corrected chi connectivity index (χ2v) is 8.89. The van der Waals surface area contributed by atoms with Crippen LogP contribution in [0.4, 0.5) is 13.2 Å². The molecule has 8 nitrogen and oxygen atoms in total. The fraction of sp³-hybridized carbons (Fsp3) is 0.478. The van der Waals surface area contributed by atoms with Gasteiger partial charge in [-0.3, -0.25) is 4.18 Å². The Hall–Kier alpha value is -2.06. The van der Waals surface area contributed by atoms with Crippen molar-refractivity contribution in [2.24, 2.45) is 0 Å². The third kappa shape index (κ3) is 8.53. The zero-order chi connectivity index (χ0) is 25.9. The molecule has 1 saturated heterocycles. The molecule has 1 heterocycles. The van der Waals surface area contributed by atoms with Crippen molar-refractivity contribution in [3.05, 3.63) is 73.9 Å². The summed E-state index contributed by atoms with van der Waals surface area (Å²) in [5.41, 5.74) is -4.81. The van der Waals surface area contributed by atoms with E-state index in [4.69, 9.17) is 23.7 Å². The zero-order valence-corrected chi connectivity index (χ0v) is 19.8. The molecule has 1 aromatic carbocycles. The summed E-state index contributed by atoms with van der Waals surface area (Å²) < 4.78 is 94.8. The quantitative estimate of drug-likeness (QED) is 0.197. The van der Waals surface area contributed by atoms with Crippen LogP contribution in [0.15, 0.2) is 68.3 Å². The third-order valence-corrected chi connectivity index (χ3v) is 5.75. The monoisotopic (exact) mass is 522 g/mol. The molecule has 5 atom stereocenters. The van der Waals surface area contributed by atoms with Crippen LogP contribution >= 0.6 is 0 Å². The van der Waals surface area contributed by atoms with E-state index in [2.05, 4.69) is 23.9 Å². The Morgan fingerprint density at radius 3 is 1.94 bits per heavy atom. The van der Waals surface area contributed by atoms with Crippen molar-refractivity contribution < 1.29 is 49.5 Å². The summed E-state index contributed by atoms with van der Waals surface area (Å²) in [4.78, 5) is 0. The van der Waals surface area contributed by atoms with Crippen LogP contribution in [0.3, 0.4) is 0 Å². The first-order valence-corrected chi connectivity index (χ1v) is 12.0. The van der Waals surface area contributed by atoms with E-state index in [0.717, 1.165) is 5.56 Å². The molecule has 1 aliphatic heterocycles. The fourth-order valence-corrected chi connectivity index (χ4v) is 3.67. The molecule has 35 heavy (non-hydrogen) atoms. The van der Waals surface area contributed by atoms with Crippen LogP contribution in [0, 0.1) is 0 Å². The number of ether oxygens (including phenoxy) is 5. The van der Waals surface area contributed by atoms with Gasteiger partial charge in [0.15, 0.2) is 6.29 Å². The van der Waals surface area contributed by atoms with Gasteiger partial charge in [-0.15, -0.1) is 19.7 Å². The Labute approximate surface area is 203 Å². The first-order chi connectivity index (χ1) is 16.6. The Bertz CT molecular complexity index is 907. The highest BCUT2D eigenvalue weighted by molar-refractivity contribution is 7.87. The minimum absolute atomic E-state index is 0.0335. The van der Waals surface area contributed by atoms with E-state index < -0.39 is 52.9 Å². The van der Waals surface area contributed by atoms with E-state index in [1.165, 1.54) is 18.2 Å². The van der Waals surface area contributed by atoms with E-state index in [-0.39, 0.29) is 26.4 Å². The van der Waals surface area contributed by atoms with E-state index in [1.807, 2.05) is 6.07 Å². The van der Waals surface area contributed by atoms with Gasteiger partial charge in [-0.05, 0) is 5.56 Å². The van der Waals surface area contributed by atoms with Crippen LogP contribution in [-0.2, 0) is 44.6 Å². The highest BCUT2D eigenvalue weighted by atomic mass is 32.2. The number of benzene rings is 1. The predicted molar refractivity (Wildman–Crippen MR) is 121 cm³/mol. The van der Waals surface area contributed by atoms with Gasteiger partial charge in [0.05, 0.1) is 33.0 Å². The molecule has 1 fully saturated rings. The second-order valence-electron chi connectivity index (χ2n) is 7.28. The lowest BCUT2D eigenvalue weighted by molar-refractivity contribution is -0.320. The average molecular weight is 523 g/mol. The van der Waals surface area contributed by atoms with Gasteiger partial charge in [0.25, 0.3) is 0 Å². The molecular weight excluding hydrogens is 493 g/mol. The molecule has 0 saturated carbocycles. The molecule has 0 unspecified atom stereocenters. The summed E-state index contributed by atoms with van der Waals surface area (Å²) in [6.45, 7) is 9.91. The Morgan fingerprint density at radius 1 is 0.857 bits per heavy atom. The van der Waals surface area contributed by atoms with Crippen molar-refractivity contribution in [3.63, 3.8) is 0 Å². The van der Waals surface area contributed by atoms with Gasteiger partial charge >= 0.3 is 15.6 Å². The third-order valence-electron chi connectivity index (χ3n) is 4.74. The summed E-state index contributed by atoms with van der Waals surface area (Å²) in [6, 6.07) is 9.05. The van der Waals surface area contributed by atoms with Crippen LogP contribution in [0.2, 0.25) is 0 Å². The van der Waals surface area contributed by atoms with Gasteiger partial charge in [-0.2, -0.15) is 21.6 Å². The molecule has 2 rings (SSSR count). The molecule has 1 aromatic rings. The maximum atomic E-state index is 12.8. The Balaban J connectivity index is 2.35. The maximum Gasteiger partial charge on any atom is 0.523 e. The Kier molecular flexibility index (Phi) is 11.6. The van der Waals surface area contributed by atoms with Gasteiger partial charge in [0.2, 0.25) is 0 Å². The van der Waals surface area contributed by atoms with Gasteiger partial charge in [0.1, 0.15) is 24.4 Å². The van der Waals surface area contributed by atoms with Gasteiger partial charge < -0.3 is 23.7 Å². The van der Waals surface area contributed by atoms with Crippen LogP contribution in [0.25, 0.3) is 0 Å². The van der Waals surface area contributed by atoms with Crippen molar-refractivity contribution in [3.8, 4) is 0 Å². The van der Waals surface area contributed by atoms with Crippen molar-refractivity contribution in [2.75, 3.05) is 26.4 Å². The van der Waals surface area contributed by atoms with Crippen molar-refractivity contribution >= 4 is 10.1 Å². The normalized spacial score (nSPS) is 25.2. The largest absolute Gasteiger partial charge is 0.523 e.